The number of aliphatic hydroxyl groups is 1. The highest BCUT2D eigenvalue weighted by molar-refractivity contribution is 5.60. The number of hydrogen-bond acceptors (Lipinski definition) is 3. The fraction of sp³-hybridized carbons (Fsp3) is 0.500. The highest BCUT2D eigenvalue weighted by atomic mass is 16.3. The molecule has 0 radical (unpaired) electrons. The molecule has 1 heterocycles. The first-order chi connectivity index (χ1) is 8.11. The van der Waals surface area contributed by atoms with Gasteiger partial charge in [-0.3, -0.25) is 0 Å². The summed E-state index contributed by atoms with van der Waals surface area (Å²) in [4.78, 5) is 2.20. The molecule has 1 N–H and O–H groups in total. The van der Waals surface area contributed by atoms with Crippen molar-refractivity contribution >= 4 is 5.69 Å². The van der Waals surface area contributed by atoms with Crippen LogP contribution < -0.4 is 4.90 Å². The largest absolute Gasteiger partial charge is 0.393 e. The van der Waals surface area contributed by atoms with E-state index in [4.69, 9.17) is 5.26 Å². The van der Waals surface area contributed by atoms with Gasteiger partial charge in [0.25, 0.3) is 0 Å². The highest BCUT2D eigenvalue weighted by Gasteiger charge is 2.27. The van der Waals surface area contributed by atoms with E-state index in [2.05, 4.69) is 11.0 Å². The van der Waals surface area contributed by atoms with Gasteiger partial charge in [-0.1, -0.05) is 6.07 Å². The number of aryl methyl sites for hydroxylation is 1. The van der Waals surface area contributed by atoms with E-state index in [0.717, 1.165) is 36.3 Å². The van der Waals surface area contributed by atoms with Gasteiger partial charge in [-0.2, -0.15) is 5.26 Å². The summed E-state index contributed by atoms with van der Waals surface area (Å²) in [5.74, 6) is 0.322. The molecule has 3 nitrogen and oxygen atoms in total. The van der Waals surface area contributed by atoms with E-state index in [9.17, 15) is 5.11 Å². The van der Waals surface area contributed by atoms with E-state index in [1.807, 2.05) is 32.0 Å². The van der Waals surface area contributed by atoms with Crippen LogP contribution in [0.15, 0.2) is 18.2 Å². The van der Waals surface area contributed by atoms with Gasteiger partial charge in [0.2, 0.25) is 0 Å². The maximum atomic E-state index is 9.60. The standard InChI is InChI=1S/C14H18N2O/c1-10-3-4-14(13(7-10)8-15)16-6-5-12(9-16)11(2)17/h3-4,7,11-12,17H,5-6,9H2,1-2H3. The molecule has 0 amide bonds. The van der Waals surface area contributed by atoms with Crippen LogP contribution in [0.3, 0.4) is 0 Å². The van der Waals surface area contributed by atoms with Crippen LogP contribution in [0.5, 0.6) is 0 Å². The van der Waals surface area contributed by atoms with Gasteiger partial charge in [0, 0.05) is 19.0 Å². The summed E-state index contributed by atoms with van der Waals surface area (Å²) in [6.45, 7) is 5.60. The number of rotatable bonds is 2. The molecule has 0 aliphatic carbocycles. The number of nitriles is 1. The quantitative estimate of drug-likeness (QED) is 0.846. The van der Waals surface area contributed by atoms with Crippen LogP contribution >= 0.6 is 0 Å². The fourth-order valence-electron chi connectivity index (χ4n) is 2.42. The first-order valence-electron chi connectivity index (χ1n) is 6.05. The molecule has 0 aromatic heterocycles. The molecule has 0 spiro atoms. The fourth-order valence-corrected chi connectivity index (χ4v) is 2.42. The average molecular weight is 230 g/mol. The van der Waals surface area contributed by atoms with E-state index in [1.165, 1.54) is 0 Å². The summed E-state index contributed by atoms with van der Waals surface area (Å²) in [6, 6.07) is 8.22. The molecule has 3 heteroatoms. The van der Waals surface area contributed by atoms with Crippen LogP contribution in [-0.2, 0) is 0 Å². The van der Waals surface area contributed by atoms with Gasteiger partial charge in [0.1, 0.15) is 6.07 Å². The third-order valence-electron chi connectivity index (χ3n) is 3.52. The summed E-state index contributed by atoms with van der Waals surface area (Å²) in [7, 11) is 0. The molecule has 1 aromatic carbocycles. The van der Waals surface area contributed by atoms with Crippen LogP contribution in [0.1, 0.15) is 24.5 Å². The first-order valence-corrected chi connectivity index (χ1v) is 6.05. The second-order valence-corrected chi connectivity index (χ2v) is 4.87. The van der Waals surface area contributed by atoms with Gasteiger partial charge in [-0.05, 0) is 38.0 Å². The Morgan fingerprint density at radius 1 is 1.53 bits per heavy atom. The molecule has 90 valence electrons. The molecule has 0 bridgehead atoms. The Balaban J connectivity index is 2.22. The predicted octanol–water partition coefficient (Wildman–Crippen LogP) is 2.07. The molecule has 17 heavy (non-hydrogen) atoms. The third-order valence-corrected chi connectivity index (χ3v) is 3.52. The molecule has 1 saturated heterocycles. The van der Waals surface area contributed by atoms with E-state index in [0.29, 0.717) is 5.92 Å². The molecule has 1 aliphatic heterocycles. The van der Waals surface area contributed by atoms with Crippen molar-refractivity contribution in [2.45, 2.75) is 26.4 Å². The molecule has 2 unspecified atom stereocenters. The van der Waals surface area contributed by atoms with Crippen molar-refractivity contribution in [2.75, 3.05) is 18.0 Å². The second kappa shape index (κ2) is 4.77. The zero-order valence-corrected chi connectivity index (χ0v) is 10.3. The van der Waals surface area contributed by atoms with Crippen LogP contribution in [0.25, 0.3) is 0 Å². The lowest BCUT2D eigenvalue weighted by atomic mass is 10.0. The van der Waals surface area contributed by atoms with Gasteiger partial charge < -0.3 is 10.0 Å². The molecular formula is C14H18N2O. The van der Waals surface area contributed by atoms with Crippen LogP contribution in [0.2, 0.25) is 0 Å². The van der Waals surface area contributed by atoms with E-state index in [1.54, 1.807) is 0 Å². The lowest BCUT2D eigenvalue weighted by molar-refractivity contribution is 0.136. The summed E-state index contributed by atoms with van der Waals surface area (Å²) in [5, 5.41) is 18.7. The summed E-state index contributed by atoms with van der Waals surface area (Å²) in [6.07, 6.45) is 0.729. The minimum Gasteiger partial charge on any atom is -0.393 e. The maximum Gasteiger partial charge on any atom is 0.101 e. The Kier molecular flexibility index (Phi) is 3.35. The van der Waals surface area contributed by atoms with Gasteiger partial charge in [-0.25, -0.2) is 0 Å². The maximum absolute atomic E-state index is 9.60. The molecule has 1 fully saturated rings. The topological polar surface area (TPSA) is 47.3 Å². The Hall–Kier alpha value is -1.53. The van der Waals surface area contributed by atoms with E-state index < -0.39 is 0 Å². The smallest absolute Gasteiger partial charge is 0.101 e. The zero-order valence-electron chi connectivity index (χ0n) is 10.3. The lowest BCUT2D eigenvalue weighted by Gasteiger charge is -2.21. The summed E-state index contributed by atoms with van der Waals surface area (Å²) >= 11 is 0. The highest BCUT2D eigenvalue weighted by Crippen LogP contribution is 2.28. The van der Waals surface area contributed by atoms with E-state index in [-0.39, 0.29) is 6.10 Å². The number of hydrogen-bond donors (Lipinski definition) is 1. The Morgan fingerprint density at radius 3 is 2.88 bits per heavy atom. The first kappa shape index (κ1) is 11.9. The number of anilines is 1. The minimum atomic E-state index is -0.268. The van der Waals surface area contributed by atoms with Gasteiger partial charge in [-0.15, -0.1) is 0 Å². The Bertz CT molecular complexity index is 448. The van der Waals surface area contributed by atoms with Gasteiger partial charge >= 0.3 is 0 Å². The van der Waals surface area contributed by atoms with Crippen molar-refractivity contribution in [3.05, 3.63) is 29.3 Å². The van der Waals surface area contributed by atoms with Crippen molar-refractivity contribution in [1.82, 2.24) is 0 Å². The Labute approximate surface area is 102 Å². The molecule has 2 atom stereocenters. The van der Waals surface area contributed by atoms with Crippen LogP contribution in [-0.4, -0.2) is 24.3 Å². The van der Waals surface area contributed by atoms with Crippen molar-refractivity contribution in [3.63, 3.8) is 0 Å². The second-order valence-electron chi connectivity index (χ2n) is 4.87. The van der Waals surface area contributed by atoms with E-state index >= 15 is 0 Å². The summed E-state index contributed by atoms with van der Waals surface area (Å²) in [5.41, 5.74) is 2.84. The number of benzene rings is 1. The van der Waals surface area contributed by atoms with Gasteiger partial charge in [0.15, 0.2) is 0 Å². The van der Waals surface area contributed by atoms with Crippen LogP contribution in [0, 0.1) is 24.2 Å². The van der Waals surface area contributed by atoms with Crippen molar-refractivity contribution < 1.29 is 5.11 Å². The number of nitrogens with zero attached hydrogens (tertiary/aromatic N) is 2. The van der Waals surface area contributed by atoms with Crippen molar-refractivity contribution in [1.29, 1.82) is 5.26 Å². The minimum absolute atomic E-state index is 0.268. The molecular weight excluding hydrogens is 212 g/mol. The number of aliphatic hydroxyl groups excluding tert-OH is 1. The SMILES string of the molecule is Cc1ccc(N2CCC(C(C)O)C2)c(C#N)c1. The monoisotopic (exact) mass is 230 g/mol. The average Bonchev–Trinajstić information content (AvgIpc) is 2.78. The van der Waals surface area contributed by atoms with Gasteiger partial charge in [0.05, 0.1) is 17.4 Å². The summed E-state index contributed by atoms with van der Waals surface area (Å²) < 4.78 is 0. The van der Waals surface area contributed by atoms with Crippen LogP contribution in [0.4, 0.5) is 5.69 Å². The normalized spacial score (nSPS) is 21.3. The predicted molar refractivity (Wildman–Crippen MR) is 67.9 cm³/mol. The molecule has 1 aromatic rings. The lowest BCUT2D eigenvalue weighted by Crippen LogP contribution is -2.24. The Morgan fingerprint density at radius 2 is 2.29 bits per heavy atom. The molecule has 1 aliphatic rings. The molecule has 0 saturated carbocycles. The zero-order chi connectivity index (χ0) is 12.4. The van der Waals surface area contributed by atoms with Crippen molar-refractivity contribution in [3.8, 4) is 6.07 Å². The third kappa shape index (κ3) is 2.42. The van der Waals surface area contributed by atoms with Crippen molar-refractivity contribution in [2.24, 2.45) is 5.92 Å². The molecule has 2 rings (SSSR count).